The van der Waals surface area contributed by atoms with Gasteiger partial charge in [-0.2, -0.15) is 0 Å². The number of hydrogen-bond acceptors (Lipinski definition) is 5. The first-order valence-corrected chi connectivity index (χ1v) is 14.0. The molecule has 1 amide bonds. The molecule has 9 nitrogen and oxygen atoms in total. The first-order chi connectivity index (χ1) is 21.0. The molecule has 1 aliphatic rings. The number of nitrogens with zero attached hydrogens (tertiary/aromatic N) is 3. The maximum Gasteiger partial charge on any atom is 0.335 e. The number of aromatic carboxylic acids is 1. The highest BCUT2D eigenvalue weighted by molar-refractivity contribution is 7.80. The van der Waals surface area contributed by atoms with Crippen molar-refractivity contribution in [3.8, 4) is 11.4 Å². The zero-order valence-electron chi connectivity index (χ0n) is 22.8. The first-order valence-electron chi connectivity index (χ1n) is 13.6. The number of hydrogen-bond donors (Lipinski definition) is 3. The summed E-state index contributed by atoms with van der Waals surface area (Å²) in [5.41, 5.74) is 4.25. The third-order valence-electron chi connectivity index (χ3n) is 7.12. The van der Waals surface area contributed by atoms with Gasteiger partial charge in [0, 0.05) is 35.1 Å². The van der Waals surface area contributed by atoms with Crippen LogP contribution < -0.4 is 20.3 Å². The van der Waals surface area contributed by atoms with Crippen LogP contribution in [0.15, 0.2) is 122 Å². The van der Waals surface area contributed by atoms with E-state index in [-0.39, 0.29) is 30.2 Å². The summed E-state index contributed by atoms with van der Waals surface area (Å²) in [5, 5.41) is 16.2. The molecule has 3 aromatic carbocycles. The third kappa shape index (κ3) is 5.95. The lowest BCUT2D eigenvalue weighted by molar-refractivity contribution is -0.118. The van der Waals surface area contributed by atoms with E-state index in [1.807, 2.05) is 88.5 Å². The van der Waals surface area contributed by atoms with E-state index in [9.17, 15) is 14.7 Å². The van der Waals surface area contributed by atoms with Crippen LogP contribution in [-0.4, -0.2) is 38.3 Å². The third-order valence-corrected chi connectivity index (χ3v) is 7.43. The fourth-order valence-corrected chi connectivity index (χ4v) is 5.48. The number of pyridine rings is 1. The normalized spacial score (nSPS) is 16.0. The van der Waals surface area contributed by atoms with Gasteiger partial charge in [-0.25, -0.2) is 4.79 Å². The number of thiocarbonyl (C=S) groups is 1. The van der Waals surface area contributed by atoms with E-state index in [2.05, 4.69) is 15.6 Å². The fraction of sp³-hybridized carbons (Fsp3) is 0.0909. The van der Waals surface area contributed by atoms with E-state index in [1.54, 1.807) is 42.6 Å². The quantitative estimate of drug-likeness (QED) is 0.186. The van der Waals surface area contributed by atoms with Crippen LogP contribution in [0.4, 0.5) is 11.4 Å². The Labute approximate surface area is 253 Å². The largest absolute Gasteiger partial charge is 0.484 e. The molecule has 10 heteroatoms. The number of rotatable bonds is 9. The lowest BCUT2D eigenvalue weighted by Crippen LogP contribution is -2.30. The van der Waals surface area contributed by atoms with Crippen molar-refractivity contribution in [3.05, 3.63) is 139 Å². The molecule has 1 fully saturated rings. The Balaban J connectivity index is 1.29. The van der Waals surface area contributed by atoms with Gasteiger partial charge in [-0.15, -0.1) is 0 Å². The first kappa shape index (κ1) is 27.7. The van der Waals surface area contributed by atoms with Gasteiger partial charge in [0.25, 0.3) is 5.91 Å². The number of benzene rings is 3. The standard InChI is InChI=1S/C33H27N5O4S/c39-29(21-42-26-7-2-1-3-8-26)35-23-13-17-25(18-14-23)38-31(30(36-33(38)43)27-9-4-5-19-34-27)28-10-6-20-37(28)24-15-11-22(12-16-24)32(40)41/h1-20,30-31H,21H2,(H,35,39)(H,36,43)(H,40,41)/t30-,31+/m1/s1. The zero-order valence-corrected chi connectivity index (χ0v) is 23.6. The van der Waals surface area contributed by atoms with Crippen LogP contribution in [0.5, 0.6) is 5.75 Å². The van der Waals surface area contributed by atoms with Crippen molar-refractivity contribution in [2.45, 2.75) is 12.1 Å². The van der Waals surface area contributed by atoms with E-state index in [1.165, 1.54) is 0 Å². The SMILES string of the molecule is O=C(COc1ccccc1)Nc1ccc(N2C(=S)N[C@H](c3ccccn3)[C@@H]2c2cccn2-c2ccc(C(=O)O)cc2)cc1. The highest BCUT2D eigenvalue weighted by Crippen LogP contribution is 2.42. The molecule has 2 atom stereocenters. The van der Waals surface area contributed by atoms with Gasteiger partial charge in [-0.3, -0.25) is 9.78 Å². The minimum absolute atomic E-state index is 0.107. The van der Waals surface area contributed by atoms with E-state index in [4.69, 9.17) is 17.0 Å². The van der Waals surface area contributed by atoms with Crippen LogP contribution in [0.3, 0.4) is 0 Å². The smallest absolute Gasteiger partial charge is 0.335 e. The molecule has 0 saturated carbocycles. The number of amides is 1. The van der Waals surface area contributed by atoms with Crippen LogP contribution in [-0.2, 0) is 4.79 Å². The maximum absolute atomic E-state index is 12.5. The number of nitrogens with one attached hydrogen (secondary N) is 2. The second-order valence-electron chi connectivity index (χ2n) is 9.85. The van der Waals surface area contributed by atoms with Gasteiger partial charge in [-0.1, -0.05) is 24.3 Å². The van der Waals surface area contributed by atoms with Crippen molar-refractivity contribution in [1.82, 2.24) is 14.9 Å². The fourth-order valence-electron chi connectivity index (χ4n) is 5.14. The number of carbonyl (C=O) groups excluding carboxylic acids is 1. The van der Waals surface area contributed by atoms with Crippen LogP contribution in [0.2, 0.25) is 0 Å². The average molecular weight is 590 g/mol. The molecule has 1 saturated heterocycles. The van der Waals surface area contributed by atoms with Crippen LogP contribution in [0.1, 0.15) is 33.8 Å². The Bertz CT molecular complexity index is 1740. The summed E-state index contributed by atoms with van der Waals surface area (Å²) in [6.07, 6.45) is 3.69. The van der Waals surface area contributed by atoms with Crippen LogP contribution >= 0.6 is 12.2 Å². The zero-order chi connectivity index (χ0) is 29.8. The van der Waals surface area contributed by atoms with Gasteiger partial charge < -0.3 is 29.9 Å². The van der Waals surface area contributed by atoms with Gasteiger partial charge >= 0.3 is 5.97 Å². The highest BCUT2D eigenvalue weighted by Gasteiger charge is 2.42. The summed E-state index contributed by atoms with van der Waals surface area (Å²) in [6, 6.07) is 32.6. The molecule has 0 bridgehead atoms. The highest BCUT2D eigenvalue weighted by atomic mass is 32.1. The maximum atomic E-state index is 12.5. The molecule has 43 heavy (non-hydrogen) atoms. The number of ether oxygens (including phenoxy) is 1. The number of anilines is 2. The number of carbonyl (C=O) groups is 2. The minimum atomic E-state index is -0.977. The number of carboxylic acid groups (broad SMARTS) is 1. The Morgan fingerprint density at radius 1 is 0.884 bits per heavy atom. The van der Waals surface area contributed by atoms with Gasteiger partial charge in [-0.05, 0) is 97.1 Å². The summed E-state index contributed by atoms with van der Waals surface area (Å²) >= 11 is 5.87. The lowest BCUT2D eigenvalue weighted by atomic mass is 10.0. The van der Waals surface area contributed by atoms with E-state index >= 15 is 0 Å². The summed E-state index contributed by atoms with van der Waals surface area (Å²) in [4.78, 5) is 30.6. The lowest BCUT2D eigenvalue weighted by Gasteiger charge is -2.29. The van der Waals surface area contributed by atoms with Crippen molar-refractivity contribution in [2.75, 3.05) is 16.8 Å². The second kappa shape index (κ2) is 12.2. The molecular weight excluding hydrogens is 562 g/mol. The number of carboxylic acids is 1. The summed E-state index contributed by atoms with van der Waals surface area (Å²) < 4.78 is 7.58. The minimum Gasteiger partial charge on any atom is -0.484 e. The molecular formula is C33H27N5O4S. The van der Waals surface area contributed by atoms with Crippen molar-refractivity contribution >= 4 is 40.6 Å². The predicted molar refractivity (Wildman–Crippen MR) is 168 cm³/mol. The predicted octanol–water partition coefficient (Wildman–Crippen LogP) is 5.77. The Morgan fingerprint density at radius 2 is 1.60 bits per heavy atom. The summed E-state index contributed by atoms with van der Waals surface area (Å²) in [6.45, 7) is -0.107. The van der Waals surface area contributed by atoms with Crippen molar-refractivity contribution in [2.24, 2.45) is 0 Å². The Hall–Kier alpha value is -5.48. The molecule has 0 radical (unpaired) electrons. The van der Waals surface area contributed by atoms with Crippen LogP contribution in [0, 0.1) is 0 Å². The molecule has 2 aromatic heterocycles. The summed E-state index contributed by atoms with van der Waals surface area (Å²) in [5.74, 6) is -0.622. The van der Waals surface area contributed by atoms with Gasteiger partial charge in [0.15, 0.2) is 11.7 Å². The average Bonchev–Trinajstić information content (AvgIpc) is 3.66. The molecule has 3 N–H and O–H groups in total. The second-order valence-corrected chi connectivity index (χ2v) is 10.2. The monoisotopic (exact) mass is 589 g/mol. The van der Waals surface area contributed by atoms with E-state index in [0.29, 0.717) is 16.5 Å². The molecule has 1 aliphatic heterocycles. The van der Waals surface area contributed by atoms with Gasteiger partial charge in [0.2, 0.25) is 0 Å². The van der Waals surface area contributed by atoms with Crippen molar-refractivity contribution in [3.63, 3.8) is 0 Å². The number of para-hydroxylation sites is 1. The molecule has 0 unspecified atom stereocenters. The number of aromatic nitrogens is 2. The molecule has 5 aromatic rings. The van der Waals surface area contributed by atoms with E-state index in [0.717, 1.165) is 22.8 Å². The molecule has 6 rings (SSSR count). The molecule has 214 valence electrons. The van der Waals surface area contributed by atoms with Crippen molar-refractivity contribution in [1.29, 1.82) is 0 Å². The molecule has 0 spiro atoms. The molecule has 3 heterocycles. The van der Waals surface area contributed by atoms with Gasteiger partial charge in [0.05, 0.1) is 17.3 Å². The van der Waals surface area contributed by atoms with E-state index < -0.39 is 5.97 Å². The van der Waals surface area contributed by atoms with Gasteiger partial charge in [0.1, 0.15) is 11.8 Å². The van der Waals surface area contributed by atoms with Crippen molar-refractivity contribution < 1.29 is 19.4 Å². The summed E-state index contributed by atoms with van der Waals surface area (Å²) in [7, 11) is 0. The van der Waals surface area contributed by atoms with Crippen LogP contribution in [0.25, 0.3) is 5.69 Å². The molecule has 0 aliphatic carbocycles. The Kier molecular flexibility index (Phi) is 7.84. The topological polar surface area (TPSA) is 109 Å². The Morgan fingerprint density at radius 3 is 2.30 bits per heavy atom.